The number of hydrogen-bond donors (Lipinski definition) is 2. The molecule has 1 aromatic rings. The lowest BCUT2D eigenvalue weighted by Gasteiger charge is -2.43. The molecule has 0 bridgehead atoms. The third-order valence-electron chi connectivity index (χ3n) is 5.25. The maximum atomic E-state index is 13.0. The summed E-state index contributed by atoms with van der Waals surface area (Å²) in [7, 11) is 1.51. The molecular weight excluding hydrogens is 322 g/mol. The van der Waals surface area contributed by atoms with Crippen LogP contribution in [-0.2, 0) is 11.3 Å². The summed E-state index contributed by atoms with van der Waals surface area (Å²) in [6.45, 7) is 4.26. The van der Waals surface area contributed by atoms with Crippen molar-refractivity contribution in [1.82, 2.24) is 25.3 Å². The van der Waals surface area contributed by atoms with E-state index in [2.05, 4.69) is 15.7 Å². The van der Waals surface area contributed by atoms with Crippen LogP contribution in [0.2, 0.25) is 0 Å². The number of rotatable bonds is 4. The quantitative estimate of drug-likeness (QED) is 0.831. The zero-order chi connectivity index (χ0) is 18.2. The van der Waals surface area contributed by atoms with Gasteiger partial charge in [0.25, 0.3) is 11.8 Å². The summed E-state index contributed by atoms with van der Waals surface area (Å²) < 4.78 is 1.48. The molecular formula is C17H25N5O3. The van der Waals surface area contributed by atoms with E-state index in [4.69, 9.17) is 0 Å². The van der Waals surface area contributed by atoms with Crippen molar-refractivity contribution in [3.8, 4) is 0 Å². The van der Waals surface area contributed by atoms with Crippen molar-refractivity contribution in [2.75, 3.05) is 13.6 Å². The predicted molar refractivity (Wildman–Crippen MR) is 91.1 cm³/mol. The molecule has 0 unspecified atom stereocenters. The first kappa shape index (κ1) is 17.4. The van der Waals surface area contributed by atoms with E-state index < -0.39 is 5.54 Å². The Morgan fingerprint density at radius 1 is 1.36 bits per heavy atom. The lowest BCUT2D eigenvalue weighted by atomic mass is 9.94. The smallest absolute Gasteiger partial charge is 0.273 e. The molecule has 136 valence electrons. The molecule has 1 saturated carbocycles. The van der Waals surface area contributed by atoms with E-state index in [0.29, 0.717) is 12.2 Å². The molecule has 1 aromatic heterocycles. The van der Waals surface area contributed by atoms with Crippen LogP contribution >= 0.6 is 0 Å². The first-order valence-electron chi connectivity index (χ1n) is 8.83. The van der Waals surface area contributed by atoms with Crippen LogP contribution < -0.4 is 10.6 Å². The summed E-state index contributed by atoms with van der Waals surface area (Å²) in [6.07, 6.45) is 4.21. The van der Waals surface area contributed by atoms with Gasteiger partial charge in [0.2, 0.25) is 5.91 Å². The second-order valence-electron chi connectivity index (χ2n) is 6.93. The van der Waals surface area contributed by atoms with Gasteiger partial charge < -0.3 is 15.5 Å². The van der Waals surface area contributed by atoms with E-state index in [-0.39, 0.29) is 36.0 Å². The van der Waals surface area contributed by atoms with E-state index in [1.807, 2.05) is 6.92 Å². The maximum absolute atomic E-state index is 13.0. The van der Waals surface area contributed by atoms with Crippen molar-refractivity contribution >= 4 is 17.7 Å². The van der Waals surface area contributed by atoms with Gasteiger partial charge in [-0.2, -0.15) is 5.10 Å². The van der Waals surface area contributed by atoms with Crippen molar-refractivity contribution < 1.29 is 14.4 Å². The van der Waals surface area contributed by atoms with Gasteiger partial charge >= 0.3 is 0 Å². The van der Waals surface area contributed by atoms with Crippen molar-refractivity contribution in [1.29, 1.82) is 0 Å². The number of nitrogens with zero attached hydrogens (tertiary/aromatic N) is 3. The van der Waals surface area contributed by atoms with E-state index in [1.54, 1.807) is 11.8 Å². The Labute approximate surface area is 146 Å². The van der Waals surface area contributed by atoms with Crippen molar-refractivity contribution in [3.63, 3.8) is 0 Å². The number of amides is 3. The van der Waals surface area contributed by atoms with Crippen LogP contribution in [0.4, 0.5) is 0 Å². The minimum absolute atomic E-state index is 0.155. The molecule has 1 aliphatic heterocycles. The number of fused-ring (bicyclic) bond motifs is 1. The second-order valence-corrected chi connectivity index (χ2v) is 6.93. The number of carbonyl (C=O) groups excluding carboxylic acids is 3. The third kappa shape index (κ3) is 2.89. The minimum atomic E-state index is -1.02. The maximum Gasteiger partial charge on any atom is 0.273 e. The van der Waals surface area contributed by atoms with Crippen LogP contribution in [0.3, 0.4) is 0 Å². The van der Waals surface area contributed by atoms with Crippen molar-refractivity contribution in [2.24, 2.45) is 0 Å². The molecule has 1 atom stereocenters. The highest BCUT2D eigenvalue weighted by molar-refractivity contribution is 6.01. The second kappa shape index (κ2) is 6.50. The molecule has 25 heavy (non-hydrogen) atoms. The van der Waals surface area contributed by atoms with Crippen LogP contribution in [0.25, 0.3) is 0 Å². The normalized spacial score (nSPS) is 23.5. The number of aromatic nitrogens is 2. The highest BCUT2D eigenvalue weighted by Gasteiger charge is 2.48. The Hall–Kier alpha value is -2.38. The molecule has 2 N–H and O–H groups in total. The van der Waals surface area contributed by atoms with E-state index in [1.165, 1.54) is 17.8 Å². The molecule has 0 spiro atoms. The van der Waals surface area contributed by atoms with Gasteiger partial charge in [0.1, 0.15) is 11.2 Å². The van der Waals surface area contributed by atoms with Gasteiger partial charge in [0, 0.05) is 25.7 Å². The van der Waals surface area contributed by atoms with Crippen LogP contribution in [0.5, 0.6) is 0 Å². The first-order chi connectivity index (χ1) is 11.9. The molecule has 1 aliphatic carbocycles. The molecule has 0 saturated heterocycles. The van der Waals surface area contributed by atoms with Gasteiger partial charge in [-0.3, -0.25) is 19.1 Å². The summed E-state index contributed by atoms with van der Waals surface area (Å²) in [5, 5.41) is 9.82. The fourth-order valence-corrected chi connectivity index (χ4v) is 3.79. The van der Waals surface area contributed by atoms with Gasteiger partial charge in [-0.25, -0.2) is 0 Å². The fourth-order valence-electron chi connectivity index (χ4n) is 3.79. The lowest BCUT2D eigenvalue weighted by Crippen LogP contribution is -2.64. The van der Waals surface area contributed by atoms with Gasteiger partial charge in [0.15, 0.2) is 5.69 Å². The van der Waals surface area contributed by atoms with Gasteiger partial charge in [-0.15, -0.1) is 0 Å². The van der Waals surface area contributed by atoms with Crippen LogP contribution in [0, 0.1) is 0 Å². The third-order valence-corrected chi connectivity index (χ3v) is 5.25. The first-order valence-corrected chi connectivity index (χ1v) is 8.83. The fraction of sp³-hybridized carbons (Fsp3) is 0.647. The molecule has 2 aliphatic rings. The highest BCUT2D eigenvalue weighted by Crippen LogP contribution is 2.28. The van der Waals surface area contributed by atoms with Crippen LogP contribution in [-0.4, -0.2) is 57.6 Å². The Morgan fingerprint density at radius 3 is 2.64 bits per heavy atom. The lowest BCUT2D eigenvalue weighted by molar-refractivity contribution is -0.133. The van der Waals surface area contributed by atoms with E-state index in [0.717, 1.165) is 25.7 Å². The average Bonchev–Trinajstić information content (AvgIpc) is 3.24. The minimum Gasteiger partial charge on any atom is -0.354 e. The topological polar surface area (TPSA) is 96.3 Å². The van der Waals surface area contributed by atoms with Crippen LogP contribution in [0.15, 0.2) is 6.07 Å². The van der Waals surface area contributed by atoms with E-state index in [9.17, 15) is 14.4 Å². The summed E-state index contributed by atoms with van der Waals surface area (Å²) in [5.41, 5.74) is -0.498. The van der Waals surface area contributed by atoms with Gasteiger partial charge in [-0.05, 0) is 26.7 Å². The Morgan fingerprint density at radius 2 is 2.04 bits per heavy atom. The van der Waals surface area contributed by atoms with Crippen LogP contribution in [0.1, 0.15) is 60.5 Å². The van der Waals surface area contributed by atoms with Crippen molar-refractivity contribution in [2.45, 2.75) is 57.7 Å². The predicted octanol–water partition coefficient (Wildman–Crippen LogP) is 0.536. The van der Waals surface area contributed by atoms with E-state index >= 15 is 0 Å². The molecule has 3 amide bonds. The summed E-state index contributed by atoms with van der Waals surface area (Å²) in [6, 6.07) is 1.66. The zero-order valence-corrected chi connectivity index (χ0v) is 15.0. The molecule has 0 radical (unpaired) electrons. The molecule has 8 nitrogen and oxygen atoms in total. The number of carbonyl (C=O) groups is 3. The SMILES string of the molecule is CCN1C(=O)c2cc(C(=O)NC)nn2C[C@]1(C)C(=O)NC1CCCC1. The van der Waals surface area contributed by atoms with Crippen molar-refractivity contribution in [3.05, 3.63) is 17.5 Å². The Balaban J connectivity index is 1.91. The zero-order valence-electron chi connectivity index (χ0n) is 15.0. The summed E-state index contributed by atoms with van der Waals surface area (Å²) in [5.74, 6) is -0.785. The summed E-state index contributed by atoms with van der Waals surface area (Å²) in [4.78, 5) is 39.2. The molecule has 3 rings (SSSR count). The molecule has 0 aromatic carbocycles. The number of nitrogens with one attached hydrogen (secondary N) is 2. The Kier molecular flexibility index (Phi) is 4.53. The highest BCUT2D eigenvalue weighted by atomic mass is 16.2. The molecule has 2 heterocycles. The number of likely N-dealkylation sites (N-methyl/N-ethyl adjacent to an activating group) is 1. The largest absolute Gasteiger partial charge is 0.354 e. The van der Waals surface area contributed by atoms with Gasteiger partial charge in [-0.1, -0.05) is 12.8 Å². The number of hydrogen-bond acceptors (Lipinski definition) is 4. The molecule has 8 heteroatoms. The Bertz CT molecular complexity index is 707. The average molecular weight is 347 g/mol. The molecule has 1 fully saturated rings. The standard InChI is InChI=1S/C17H25N5O3/c1-4-21-15(24)13-9-12(14(23)18-3)20-22(13)10-17(21,2)16(25)19-11-7-5-6-8-11/h9,11H,4-8,10H2,1-3H3,(H,18,23)(H,19,25)/t17-/m1/s1. The monoisotopic (exact) mass is 347 g/mol. The summed E-state index contributed by atoms with van der Waals surface area (Å²) >= 11 is 0. The van der Waals surface area contributed by atoms with Gasteiger partial charge in [0.05, 0.1) is 6.54 Å².